The van der Waals surface area contributed by atoms with Crippen molar-refractivity contribution >= 4 is 40.8 Å². The van der Waals surface area contributed by atoms with Crippen molar-refractivity contribution in [2.45, 2.75) is 51.2 Å². The summed E-state index contributed by atoms with van der Waals surface area (Å²) < 4.78 is 15.2. The Morgan fingerprint density at radius 1 is 1.16 bits per heavy atom. The van der Waals surface area contributed by atoms with Gasteiger partial charge in [0.1, 0.15) is 16.9 Å². The SMILES string of the molecule is Cc1cc(Nc2nc(Nc3cc(C)c(C4CCN(C(=O)[C@@H]5[C@H](O)CCN5C)CC4)cc3F)ncc2Cl)n[nH]1. The highest BCUT2D eigenvalue weighted by Crippen LogP contribution is 2.34. The van der Waals surface area contributed by atoms with Gasteiger partial charge in [-0.3, -0.25) is 14.8 Å². The number of halogens is 2. The zero-order valence-corrected chi connectivity index (χ0v) is 22.4. The third kappa shape index (κ3) is 5.45. The van der Waals surface area contributed by atoms with Gasteiger partial charge in [-0.25, -0.2) is 9.37 Å². The Hall–Kier alpha value is -3.28. The number of aliphatic hydroxyl groups is 1. The summed E-state index contributed by atoms with van der Waals surface area (Å²) in [6, 6.07) is 4.67. The second-order valence-corrected chi connectivity index (χ2v) is 10.6. The number of nitrogens with one attached hydrogen (secondary N) is 3. The van der Waals surface area contributed by atoms with E-state index in [2.05, 4.69) is 30.8 Å². The molecule has 0 bridgehead atoms. The molecule has 4 heterocycles. The van der Waals surface area contributed by atoms with Crippen LogP contribution in [0.1, 0.15) is 42.0 Å². The second kappa shape index (κ2) is 10.8. The fourth-order valence-corrected chi connectivity index (χ4v) is 5.49. The number of carbonyl (C=O) groups excluding carboxylic acids is 1. The number of aromatic amines is 1. The number of likely N-dealkylation sites (tertiary alicyclic amines) is 2. The van der Waals surface area contributed by atoms with Gasteiger partial charge < -0.3 is 20.6 Å². The van der Waals surface area contributed by atoms with E-state index in [1.165, 1.54) is 6.20 Å². The molecular weight excluding hydrogens is 511 g/mol. The summed E-state index contributed by atoms with van der Waals surface area (Å²) in [5.41, 5.74) is 3.03. The molecule has 4 N–H and O–H groups in total. The Kier molecular flexibility index (Phi) is 7.51. The number of likely N-dealkylation sites (N-methyl/N-ethyl adjacent to an activating group) is 1. The lowest BCUT2D eigenvalue weighted by Crippen LogP contribution is -2.50. The first kappa shape index (κ1) is 26.3. The number of carbonyl (C=O) groups is 1. The lowest BCUT2D eigenvalue weighted by Gasteiger charge is -2.36. The lowest BCUT2D eigenvalue weighted by molar-refractivity contribution is -0.139. The third-order valence-corrected chi connectivity index (χ3v) is 7.69. The zero-order chi connectivity index (χ0) is 27.0. The van der Waals surface area contributed by atoms with Gasteiger partial charge in [-0.05, 0) is 69.3 Å². The Morgan fingerprint density at radius 2 is 1.92 bits per heavy atom. The molecule has 2 fully saturated rings. The minimum atomic E-state index is -0.618. The van der Waals surface area contributed by atoms with Crippen LogP contribution in [-0.2, 0) is 4.79 Å². The van der Waals surface area contributed by atoms with Crippen LogP contribution < -0.4 is 10.6 Å². The van der Waals surface area contributed by atoms with Gasteiger partial charge in [0.15, 0.2) is 11.6 Å². The van der Waals surface area contributed by atoms with E-state index in [9.17, 15) is 9.90 Å². The second-order valence-electron chi connectivity index (χ2n) is 10.1. The van der Waals surface area contributed by atoms with Crippen molar-refractivity contribution in [2.75, 3.05) is 37.3 Å². The van der Waals surface area contributed by atoms with E-state index in [1.54, 1.807) is 12.1 Å². The fourth-order valence-electron chi connectivity index (χ4n) is 5.35. The molecule has 0 saturated carbocycles. The van der Waals surface area contributed by atoms with Gasteiger partial charge in [0, 0.05) is 31.4 Å². The molecule has 12 heteroatoms. The van der Waals surface area contributed by atoms with Crippen LogP contribution in [0.5, 0.6) is 0 Å². The average Bonchev–Trinajstić information content (AvgIpc) is 3.46. The van der Waals surface area contributed by atoms with Gasteiger partial charge in [0.05, 0.1) is 18.0 Å². The van der Waals surface area contributed by atoms with Crippen molar-refractivity contribution in [3.63, 3.8) is 0 Å². The number of anilines is 4. The minimum absolute atomic E-state index is 0.0161. The van der Waals surface area contributed by atoms with Gasteiger partial charge in [-0.1, -0.05) is 11.6 Å². The first-order chi connectivity index (χ1) is 18.2. The van der Waals surface area contributed by atoms with Crippen LogP contribution in [-0.4, -0.2) is 79.8 Å². The van der Waals surface area contributed by atoms with Crippen LogP contribution in [0.4, 0.5) is 27.7 Å². The predicted molar refractivity (Wildman–Crippen MR) is 144 cm³/mol. The number of aliphatic hydroxyl groups excluding tert-OH is 1. The van der Waals surface area contributed by atoms with Crippen molar-refractivity contribution in [2.24, 2.45) is 0 Å². The number of aromatic nitrogens is 4. The smallest absolute Gasteiger partial charge is 0.242 e. The normalized spacial score (nSPS) is 20.6. The molecule has 0 unspecified atom stereocenters. The van der Waals surface area contributed by atoms with Crippen molar-refractivity contribution < 1.29 is 14.3 Å². The van der Waals surface area contributed by atoms with E-state index in [-0.39, 0.29) is 23.5 Å². The molecule has 2 aliphatic heterocycles. The van der Waals surface area contributed by atoms with Crippen molar-refractivity contribution in [3.8, 4) is 0 Å². The quantitative estimate of drug-likeness (QED) is 0.370. The molecule has 202 valence electrons. The summed E-state index contributed by atoms with van der Waals surface area (Å²) in [7, 11) is 1.87. The highest BCUT2D eigenvalue weighted by molar-refractivity contribution is 6.32. The van der Waals surface area contributed by atoms with Crippen molar-refractivity contribution in [3.05, 3.63) is 52.1 Å². The zero-order valence-electron chi connectivity index (χ0n) is 21.6. The molecule has 0 spiro atoms. The molecule has 10 nitrogen and oxygen atoms in total. The molecule has 2 aromatic heterocycles. The maximum Gasteiger partial charge on any atom is 0.242 e. The number of benzene rings is 1. The van der Waals surface area contributed by atoms with Crippen LogP contribution in [0.15, 0.2) is 24.4 Å². The predicted octanol–water partition coefficient (Wildman–Crippen LogP) is 3.87. The Bertz CT molecular complexity index is 1320. The molecule has 2 saturated heterocycles. The van der Waals surface area contributed by atoms with Gasteiger partial charge in [-0.15, -0.1) is 0 Å². The lowest BCUT2D eigenvalue weighted by atomic mass is 9.86. The van der Waals surface area contributed by atoms with Crippen LogP contribution in [0.3, 0.4) is 0 Å². The maximum atomic E-state index is 15.2. The van der Waals surface area contributed by atoms with Crippen LogP contribution in [0.25, 0.3) is 0 Å². The Morgan fingerprint density at radius 3 is 2.58 bits per heavy atom. The van der Waals surface area contributed by atoms with Gasteiger partial charge in [0.25, 0.3) is 0 Å². The first-order valence-electron chi connectivity index (χ1n) is 12.8. The molecule has 38 heavy (non-hydrogen) atoms. The molecule has 5 rings (SSSR count). The largest absolute Gasteiger partial charge is 0.391 e. The standard InChI is InChI=1S/C26H32ClFN8O2/c1-14-10-20(30-26-29-13-18(27)24(32-26)31-22-11-15(2)33-34-22)19(28)12-17(14)16-4-8-36(9-5-16)25(38)23-21(37)6-7-35(23)3/h10-13,16,21,23,37H,4-9H2,1-3H3,(H3,29,30,31,32,33,34)/t21-,23+/m1/s1. The Labute approximate surface area is 225 Å². The molecule has 0 radical (unpaired) electrons. The maximum absolute atomic E-state index is 15.2. The van der Waals surface area contributed by atoms with E-state index in [4.69, 9.17) is 11.6 Å². The summed E-state index contributed by atoms with van der Waals surface area (Å²) in [5.74, 6) is 0.824. The van der Waals surface area contributed by atoms with Crippen LogP contribution in [0, 0.1) is 19.7 Å². The number of piperidine rings is 1. The van der Waals surface area contributed by atoms with Crippen molar-refractivity contribution in [1.29, 1.82) is 0 Å². The number of H-pyrrole nitrogens is 1. The van der Waals surface area contributed by atoms with Crippen molar-refractivity contribution in [1.82, 2.24) is 30.0 Å². The van der Waals surface area contributed by atoms with Crippen LogP contribution in [0.2, 0.25) is 5.02 Å². The van der Waals surface area contributed by atoms with E-state index < -0.39 is 18.0 Å². The minimum Gasteiger partial charge on any atom is -0.391 e. The monoisotopic (exact) mass is 542 g/mol. The summed E-state index contributed by atoms with van der Waals surface area (Å²) in [6.07, 6.45) is 2.92. The summed E-state index contributed by atoms with van der Waals surface area (Å²) in [5, 5.41) is 23.5. The van der Waals surface area contributed by atoms with Gasteiger partial charge >= 0.3 is 0 Å². The molecule has 3 aromatic rings. The number of hydrogen-bond acceptors (Lipinski definition) is 8. The van der Waals surface area contributed by atoms with E-state index >= 15 is 4.39 Å². The highest BCUT2D eigenvalue weighted by Gasteiger charge is 2.39. The van der Waals surface area contributed by atoms with E-state index in [0.717, 1.165) is 36.2 Å². The molecule has 1 aromatic carbocycles. The van der Waals surface area contributed by atoms with E-state index in [1.807, 2.05) is 36.8 Å². The summed E-state index contributed by atoms with van der Waals surface area (Å²) in [4.78, 5) is 25.3. The van der Waals surface area contributed by atoms with E-state index in [0.29, 0.717) is 36.2 Å². The van der Waals surface area contributed by atoms with Crippen LogP contribution >= 0.6 is 11.6 Å². The topological polar surface area (TPSA) is 122 Å². The summed E-state index contributed by atoms with van der Waals surface area (Å²) in [6.45, 7) is 5.73. The molecule has 2 atom stereocenters. The van der Waals surface area contributed by atoms with Gasteiger partial charge in [0.2, 0.25) is 11.9 Å². The fraction of sp³-hybridized carbons (Fsp3) is 0.462. The number of aryl methyl sites for hydroxylation is 2. The molecule has 0 aliphatic carbocycles. The number of amides is 1. The Balaban J connectivity index is 1.25. The molecular formula is C26H32ClFN8O2. The molecule has 2 aliphatic rings. The number of rotatable bonds is 6. The third-order valence-electron chi connectivity index (χ3n) is 7.42. The number of nitrogens with zero attached hydrogens (tertiary/aromatic N) is 5. The molecule has 1 amide bonds. The van der Waals surface area contributed by atoms with Gasteiger partial charge in [-0.2, -0.15) is 10.1 Å². The number of hydrogen-bond donors (Lipinski definition) is 4. The highest BCUT2D eigenvalue weighted by atomic mass is 35.5. The average molecular weight is 543 g/mol. The first-order valence-corrected chi connectivity index (χ1v) is 13.1. The summed E-state index contributed by atoms with van der Waals surface area (Å²) >= 11 is 6.23.